The molecular weight excluding hydrogens is 496 g/mol. The summed E-state index contributed by atoms with van der Waals surface area (Å²) in [6, 6.07) is 14.3. The van der Waals surface area contributed by atoms with E-state index in [1.54, 1.807) is 33.6 Å². The summed E-state index contributed by atoms with van der Waals surface area (Å²) in [7, 11) is 0. The monoisotopic (exact) mass is 526 g/mol. The number of nitrogens with one attached hydrogen (secondary N) is 2. The van der Waals surface area contributed by atoms with Crippen molar-refractivity contribution < 1.29 is 9.59 Å². The van der Waals surface area contributed by atoms with E-state index in [1.807, 2.05) is 38.1 Å². The third-order valence-corrected chi connectivity index (χ3v) is 7.33. The van der Waals surface area contributed by atoms with Crippen molar-refractivity contribution in [2.45, 2.75) is 73.2 Å². The molecule has 3 aromatic rings. The van der Waals surface area contributed by atoms with Gasteiger partial charge in [0.2, 0.25) is 11.8 Å². The van der Waals surface area contributed by atoms with Crippen molar-refractivity contribution in [1.29, 1.82) is 0 Å². The van der Waals surface area contributed by atoms with E-state index in [1.165, 1.54) is 37.4 Å². The Bertz CT molecular complexity index is 1240. The van der Waals surface area contributed by atoms with E-state index >= 15 is 0 Å². The number of carbonyl (C=O) groups is 2. The highest BCUT2D eigenvalue weighted by molar-refractivity contribution is 8.02. The summed E-state index contributed by atoms with van der Waals surface area (Å²) in [5.41, 5.74) is 0.890. The zero-order valence-corrected chi connectivity index (χ0v) is 22.4. The summed E-state index contributed by atoms with van der Waals surface area (Å²) in [5.74, 6) is -0.332. The van der Waals surface area contributed by atoms with Crippen LogP contribution in [0.1, 0.15) is 40.5 Å². The zero-order chi connectivity index (χ0) is 26.2. The number of nitrogens with zero attached hydrogens (tertiary/aromatic N) is 2. The van der Waals surface area contributed by atoms with Gasteiger partial charge in [0.25, 0.3) is 11.1 Å². The van der Waals surface area contributed by atoms with Gasteiger partial charge in [-0.2, -0.15) is 0 Å². The van der Waals surface area contributed by atoms with Crippen molar-refractivity contribution in [3.8, 4) is 0 Å². The molecule has 0 bridgehead atoms. The van der Waals surface area contributed by atoms with Gasteiger partial charge >= 0.3 is 0 Å². The van der Waals surface area contributed by atoms with Crippen LogP contribution in [0.3, 0.4) is 0 Å². The molecule has 0 unspecified atom stereocenters. The quantitative estimate of drug-likeness (QED) is 0.383. The molecule has 0 aliphatic rings. The lowest BCUT2D eigenvalue weighted by Crippen LogP contribution is -2.40. The lowest BCUT2D eigenvalue weighted by atomic mass is 10.3. The lowest BCUT2D eigenvalue weighted by molar-refractivity contribution is -0.115. The molecule has 0 aliphatic carbocycles. The van der Waals surface area contributed by atoms with Crippen LogP contribution in [-0.2, 0) is 22.7 Å². The number of hydrogen-bond acceptors (Lipinski definition) is 6. The molecule has 8 nitrogen and oxygen atoms in total. The number of rotatable bonds is 10. The maximum Gasteiger partial charge on any atom is 0.280 e. The number of benzene rings is 2. The maximum absolute atomic E-state index is 13.7. The smallest absolute Gasteiger partial charge is 0.280 e. The number of amides is 2. The molecule has 0 radical (unpaired) electrons. The summed E-state index contributed by atoms with van der Waals surface area (Å²) in [6.45, 7) is 7.71. The molecule has 0 saturated carbocycles. The highest BCUT2D eigenvalue weighted by Gasteiger charge is 2.21. The standard InChI is InChI=1S/C26H30N4O4S2/c1-5-15-29-25(33)23(35-21-11-7-19(8-12-21)27-17(3)31)24(26(34)30(29)16-6-2)36-22-13-9-20(10-14-22)28-18(4)32/h7-14H,5-6,15-16H2,1-4H3,(H,27,31)(H,28,32). The van der Waals surface area contributed by atoms with E-state index in [0.29, 0.717) is 34.3 Å². The van der Waals surface area contributed by atoms with Crippen LogP contribution in [0, 0.1) is 0 Å². The highest BCUT2D eigenvalue weighted by Crippen LogP contribution is 2.35. The maximum atomic E-state index is 13.7. The largest absolute Gasteiger partial charge is 0.326 e. The summed E-state index contributed by atoms with van der Waals surface area (Å²) in [4.78, 5) is 52.3. The number of carbonyl (C=O) groups excluding carboxylic acids is 2. The van der Waals surface area contributed by atoms with Crippen molar-refractivity contribution in [3.63, 3.8) is 0 Å². The van der Waals surface area contributed by atoms with E-state index in [0.717, 1.165) is 22.6 Å². The molecule has 0 atom stereocenters. The average molecular weight is 527 g/mol. The lowest BCUT2D eigenvalue weighted by Gasteiger charge is -2.19. The second-order valence-electron chi connectivity index (χ2n) is 8.13. The van der Waals surface area contributed by atoms with E-state index in [9.17, 15) is 19.2 Å². The summed E-state index contributed by atoms with van der Waals surface area (Å²) >= 11 is 2.49. The molecule has 36 heavy (non-hydrogen) atoms. The SMILES string of the molecule is CCCn1c(=O)c(Sc2ccc(NC(C)=O)cc2)c(Sc2ccc(NC(C)=O)cc2)c(=O)n1CCC. The number of anilines is 2. The Hall–Kier alpha value is -3.24. The molecule has 2 amide bonds. The molecule has 1 heterocycles. The van der Waals surface area contributed by atoms with E-state index < -0.39 is 0 Å². The molecule has 0 aliphatic heterocycles. The van der Waals surface area contributed by atoms with Gasteiger partial charge in [-0.05, 0) is 61.4 Å². The fraction of sp³-hybridized carbons (Fsp3) is 0.308. The predicted molar refractivity (Wildman–Crippen MR) is 145 cm³/mol. The molecule has 10 heteroatoms. The van der Waals surface area contributed by atoms with Gasteiger partial charge in [-0.3, -0.25) is 19.2 Å². The van der Waals surface area contributed by atoms with Crippen LogP contribution in [0.5, 0.6) is 0 Å². The van der Waals surface area contributed by atoms with E-state index in [-0.39, 0.29) is 22.9 Å². The second-order valence-corrected chi connectivity index (χ2v) is 10.3. The van der Waals surface area contributed by atoms with Gasteiger partial charge in [0.15, 0.2) is 0 Å². The molecular formula is C26H30N4O4S2. The summed E-state index contributed by atoms with van der Waals surface area (Å²) in [5, 5.41) is 5.45. The van der Waals surface area contributed by atoms with Gasteiger partial charge in [0.05, 0.1) is 9.79 Å². The number of hydrogen-bond donors (Lipinski definition) is 2. The molecule has 0 fully saturated rings. The van der Waals surface area contributed by atoms with Crippen molar-refractivity contribution in [3.05, 3.63) is 69.2 Å². The first-order valence-electron chi connectivity index (χ1n) is 11.7. The van der Waals surface area contributed by atoms with Crippen molar-refractivity contribution in [2.24, 2.45) is 0 Å². The Morgan fingerprint density at radius 1 is 0.667 bits per heavy atom. The van der Waals surface area contributed by atoms with Gasteiger partial charge in [-0.25, -0.2) is 9.36 Å². The number of aromatic nitrogens is 2. The van der Waals surface area contributed by atoms with Crippen molar-refractivity contribution in [2.75, 3.05) is 10.6 Å². The highest BCUT2D eigenvalue weighted by atomic mass is 32.2. The Morgan fingerprint density at radius 3 is 1.28 bits per heavy atom. The Kier molecular flexibility index (Phi) is 9.60. The Balaban J connectivity index is 2.08. The molecule has 3 rings (SSSR count). The van der Waals surface area contributed by atoms with Crippen LogP contribution in [0.25, 0.3) is 0 Å². The summed E-state index contributed by atoms with van der Waals surface area (Å²) in [6.07, 6.45) is 1.44. The molecule has 2 N–H and O–H groups in total. The second kappa shape index (κ2) is 12.6. The van der Waals surface area contributed by atoms with Crippen LogP contribution in [0.4, 0.5) is 11.4 Å². The third-order valence-electron chi connectivity index (χ3n) is 5.02. The molecule has 190 valence electrons. The van der Waals surface area contributed by atoms with Crippen LogP contribution in [0.15, 0.2) is 77.7 Å². The van der Waals surface area contributed by atoms with Gasteiger partial charge in [-0.1, -0.05) is 37.4 Å². The van der Waals surface area contributed by atoms with Crippen molar-refractivity contribution in [1.82, 2.24) is 9.36 Å². The van der Waals surface area contributed by atoms with Crippen LogP contribution in [0.2, 0.25) is 0 Å². The predicted octanol–water partition coefficient (Wildman–Crippen LogP) is 5.05. The minimum atomic E-state index is -0.210. The van der Waals surface area contributed by atoms with Gasteiger partial charge in [-0.15, -0.1) is 0 Å². The average Bonchev–Trinajstić information content (AvgIpc) is 2.83. The first kappa shape index (κ1) is 27.3. The van der Waals surface area contributed by atoms with Crippen LogP contribution >= 0.6 is 23.5 Å². The molecule has 1 aromatic heterocycles. The van der Waals surface area contributed by atoms with Crippen LogP contribution in [-0.4, -0.2) is 21.2 Å². The third kappa shape index (κ3) is 6.92. The molecule has 2 aromatic carbocycles. The first-order chi connectivity index (χ1) is 17.2. The van der Waals surface area contributed by atoms with Crippen LogP contribution < -0.4 is 21.8 Å². The fourth-order valence-corrected chi connectivity index (χ4v) is 5.56. The van der Waals surface area contributed by atoms with E-state index in [2.05, 4.69) is 10.6 Å². The Morgan fingerprint density at radius 2 is 1.00 bits per heavy atom. The zero-order valence-electron chi connectivity index (χ0n) is 20.8. The minimum absolute atomic E-state index is 0.166. The van der Waals surface area contributed by atoms with Gasteiger partial charge < -0.3 is 10.6 Å². The molecule has 0 saturated heterocycles. The van der Waals surface area contributed by atoms with E-state index in [4.69, 9.17) is 0 Å². The normalized spacial score (nSPS) is 10.8. The first-order valence-corrected chi connectivity index (χ1v) is 13.4. The van der Waals surface area contributed by atoms with Gasteiger partial charge in [0, 0.05) is 48.1 Å². The van der Waals surface area contributed by atoms with Crippen molar-refractivity contribution >= 4 is 46.7 Å². The minimum Gasteiger partial charge on any atom is -0.326 e. The molecule has 0 spiro atoms. The topological polar surface area (TPSA) is 102 Å². The Labute approximate surface area is 218 Å². The van der Waals surface area contributed by atoms with Gasteiger partial charge in [0.1, 0.15) is 0 Å². The fourth-order valence-electron chi connectivity index (χ4n) is 3.55. The summed E-state index contributed by atoms with van der Waals surface area (Å²) < 4.78 is 3.09.